The monoisotopic (exact) mass is 793 g/mol. The molecule has 4 aliphatic carbocycles. The van der Waals surface area contributed by atoms with Crippen molar-refractivity contribution < 1.29 is 0 Å². The van der Waals surface area contributed by atoms with E-state index in [0.717, 1.165) is 5.69 Å². The normalized spacial score (nSPS) is 17.6. The fourth-order valence-corrected chi connectivity index (χ4v) is 12.8. The molecule has 11 rings (SSSR count). The number of hydrogen-bond acceptors (Lipinski definition) is 1. The molecule has 1 heteroatoms. The van der Waals surface area contributed by atoms with Crippen LogP contribution in [0.2, 0.25) is 0 Å². The van der Waals surface area contributed by atoms with Gasteiger partial charge in [0, 0.05) is 27.9 Å². The summed E-state index contributed by atoms with van der Waals surface area (Å²) < 4.78 is 0. The molecule has 0 spiro atoms. The van der Waals surface area contributed by atoms with Gasteiger partial charge in [0.1, 0.15) is 0 Å². The van der Waals surface area contributed by atoms with Crippen LogP contribution in [0.25, 0.3) is 44.5 Å². The molecule has 7 aromatic carbocycles. The van der Waals surface area contributed by atoms with Crippen LogP contribution < -0.4 is 4.90 Å². The molecule has 2 saturated carbocycles. The Kier molecular flexibility index (Phi) is 9.45. The van der Waals surface area contributed by atoms with Crippen molar-refractivity contribution in [3.63, 3.8) is 0 Å². The number of fused-ring (bicyclic) bond motifs is 6. The molecule has 61 heavy (non-hydrogen) atoms. The molecule has 0 heterocycles. The Morgan fingerprint density at radius 1 is 0.393 bits per heavy atom. The van der Waals surface area contributed by atoms with E-state index in [-0.39, 0.29) is 10.8 Å². The standard InChI is InChI=1S/C60H59N/c1-40-37-53-57(38-41(40)2)60(45-19-10-6-11-20-45,46-21-12-7-13-22-46)55-26-16-24-50(58(53)55)44-29-33-48(34-30-44)61(47-31-27-43(28-32-47)42-17-8-5-9-18-42)49-35-36-52-51-23-14-15-25-54(51)59(3,4)56(52)39-49/h5,8-9,14-18,23-39,45-46H,6-7,10-13,19-22H2,1-4H3. The fourth-order valence-electron chi connectivity index (χ4n) is 12.8. The SMILES string of the molecule is Cc1cc2c(cc1C)C(C1CCCCC1)(C1CCCCC1)c1cccc(-c3ccc(N(c4ccc(-c5ccccc5)cc4)c4ccc5c(c4)C(C)(C)c4ccccc4-5)cc3)c1-2. The van der Waals surface area contributed by atoms with E-state index in [2.05, 4.69) is 184 Å². The van der Waals surface area contributed by atoms with Gasteiger partial charge in [-0.15, -0.1) is 0 Å². The van der Waals surface area contributed by atoms with Crippen LogP contribution in [0.1, 0.15) is 111 Å². The molecule has 0 radical (unpaired) electrons. The zero-order valence-corrected chi connectivity index (χ0v) is 36.6. The number of anilines is 3. The molecule has 4 aliphatic rings. The van der Waals surface area contributed by atoms with Gasteiger partial charge in [-0.3, -0.25) is 0 Å². The molecule has 1 nitrogen and oxygen atoms in total. The third-order valence-electron chi connectivity index (χ3n) is 15.9. The van der Waals surface area contributed by atoms with Gasteiger partial charge < -0.3 is 4.90 Å². The summed E-state index contributed by atoms with van der Waals surface area (Å²) in [5, 5.41) is 0. The summed E-state index contributed by atoms with van der Waals surface area (Å²) >= 11 is 0. The Morgan fingerprint density at radius 3 is 1.59 bits per heavy atom. The Labute approximate surface area is 364 Å². The van der Waals surface area contributed by atoms with Crippen molar-refractivity contribution in [3.05, 3.63) is 185 Å². The second-order valence-corrected chi connectivity index (χ2v) is 19.4. The zero-order chi connectivity index (χ0) is 41.3. The first kappa shape index (κ1) is 38.3. The maximum atomic E-state index is 2.65. The lowest BCUT2D eigenvalue weighted by Gasteiger charge is -2.49. The van der Waals surface area contributed by atoms with Gasteiger partial charge in [-0.25, -0.2) is 0 Å². The van der Waals surface area contributed by atoms with Gasteiger partial charge in [-0.2, -0.15) is 0 Å². The van der Waals surface area contributed by atoms with Crippen molar-refractivity contribution in [1.29, 1.82) is 0 Å². The molecule has 0 N–H and O–H groups in total. The first-order valence-corrected chi connectivity index (χ1v) is 23.4. The van der Waals surface area contributed by atoms with Crippen LogP contribution in [0.15, 0.2) is 152 Å². The Morgan fingerprint density at radius 2 is 0.918 bits per heavy atom. The maximum absolute atomic E-state index is 2.65. The van der Waals surface area contributed by atoms with E-state index in [4.69, 9.17) is 0 Å². The van der Waals surface area contributed by atoms with Gasteiger partial charge in [0.25, 0.3) is 0 Å². The molecule has 304 valence electrons. The van der Waals surface area contributed by atoms with Crippen LogP contribution in [0, 0.1) is 25.7 Å². The lowest BCUT2D eigenvalue weighted by Crippen LogP contribution is -2.44. The quantitative estimate of drug-likeness (QED) is 0.155. The number of aryl methyl sites for hydroxylation is 2. The fraction of sp³-hybridized carbons (Fsp3) is 0.300. The van der Waals surface area contributed by atoms with Gasteiger partial charge in [0.15, 0.2) is 0 Å². The van der Waals surface area contributed by atoms with Crippen molar-refractivity contribution >= 4 is 17.1 Å². The first-order valence-electron chi connectivity index (χ1n) is 23.4. The average molecular weight is 794 g/mol. The van der Waals surface area contributed by atoms with Crippen LogP contribution in [-0.4, -0.2) is 0 Å². The summed E-state index contributed by atoms with van der Waals surface area (Å²) in [4.78, 5) is 2.46. The molecular formula is C60H59N. The van der Waals surface area contributed by atoms with Crippen molar-refractivity contribution in [1.82, 2.24) is 0 Å². The molecule has 7 aromatic rings. The first-order chi connectivity index (χ1) is 29.8. The molecular weight excluding hydrogens is 735 g/mol. The molecule has 0 atom stereocenters. The molecule has 0 aliphatic heterocycles. The van der Waals surface area contributed by atoms with Crippen LogP contribution >= 0.6 is 0 Å². The van der Waals surface area contributed by atoms with Crippen molar-refractivity contribution in [2.45, 2.75) is 103 Å². The molecule has 0 aromatic heterocycles. The van der Waals surface area contributed by atoms with Crippen LogP contribution in [0.3, 0.4) is 0 Å². The van der Waals surface area contributed by atoms with Gasteiger partial charge in [0.05, 0.1) is 0 Å². The van der Waals surface area contributed by atoms with Gasteiger partial charge in [-0.1, -0.05) is 168 Å². The van der Waals surface area contributed by atoms with Crippen molar-refractivity contribution in [2.24, 2.45) is 11.8 Å². The predicted molar refractivity (Wildman–Crippen MR) is 258 cm³/mol. The topological polar surface area (TPSA) is 3.24 Å². The second-order valence-electron chi connectivity index (χ2n) is 19.4. The van der Waals surface area contributed by atoms with Crippen molar-refractivity contribution in [2.75, 3.05) is 4.90 Å². The summed E-state index contributed by atoms with van der Waals surface area (Å²) in [6, 6.07) is 58.1. The van der Waals surface area contributed by atoms with E-state index in [1.54, 1.807) is 11.1 Å². The highest BCUT2D eigenvalue weighted by Gasteiger charge is 2.54. The Balaban J connectivity index is 1.05. The molecule has 0 unspecified atom stereocenters. The van der Waals surface area contributed by atoms with Crippen LogP contribution in [0.5, 0.6) is 0 Å². The highest BCUT2D eigenvalue weighted by molar-refractivity contribution is 5.94. The lowest BCUT2D eigenvalue weighted by molar-refractivity contribution is 0.137. The molecule has 0 saturated heterocycles. The summed E-state index contributed by atoms with van der Waals surface area (Å²) in [5.41, 5.74) is 23.3. The zero-order valence-electron chi connectivity index (χ0n) is 36.6. The second kappa shape index (κ2) is 15.1. The van der Waals surface area contributed by atoms with E-state index in [0.29, 0.717) is 11.8 Å². The predicted octanol–water partition coefficient (Wildman–Crippen LogP) is 16.8. The van der Waals surface area contributed by atoms with Crippen molar-refractivity contribution in [3.8, 4) is 44.5 Å². The van der Waals surface area contributed by atoms with Crippen LogP contribution in [-0.2, 0) is 10.8 Å². The highest BCUT2D eigenvalue weighted by atomic mass is 15.1. The number of benzene rings is 7. The van der Waals surface area contributed by atoms with Crippen LogP contribution in [0.4, 0.5) is 17.1 Å². The number of hydrogen-bond donors (Lipinski definition) is 0. The number of rotatable bonds is 7. The third kappa shape index (κ3) is 6.09. The summed E-state index contributed by atoms with van der Waals surface area (Å²) in [6.45, 7) is 9.44. The minimum absolute atomic E-state index is 0.0834. The maximum Gasteiger partial charge on any atom is 0.0465 e. The summed E-state index contributed by atoms with van der Waals surface area (Å²) in [6.07, 6.45) is 13.7. The van der Waals surface area contributed by atoms with E-state index >= 15 is 0 Å². The minimum Gasteiger partial charge on any atom is -0.310 e. The summed E-state index contributed by atoms with van der Waals surface area (Å²) in [5.74, 6) is 1.41. The van der Waals surface area contributed by atoms with E-state index in [9.17, 15) is 0 Å². The molecule has 0 bridgehead atoms. The summed E-state index contributed by atoms with van der Waals surface area (Å²) in [7, 11) is 0. The molecule has 2 fully saturated rings. The molecule has 0 amide bonds. The largest absolute Gasteiger partial charge is 0.310 e. The minimum atomic E-state index is -0.0834. The average Bonchev–Trinajstić information content (AvgIpc) is 3.72. The van der Waals surface area contributed by atoms with Gasteiger partial charge in [-0.05, 0) is 166 Å². The van der Waals surface area contributed by atoms with Gasteiger partial charge >= 0.3 is 0 Å². The number of nitrogens with zero attached hydrogens (tertiary/aromatic N) is 1. The highest BCUT2D eigenvalue weighted by Crippen LogP contribution is 2.63. The third-order valence-corrected chi connectivity index (χ3v) is 15.9. The van der Waals surface area contributed by atoms with Gasteiger partial charge in [0.2, 0.25) is 0 Å². The smallest absolute Gasteiger partial charge is 0.0465 e. The lowest BCUT2D eigenvalue weighted by atomic mass is 9.54. The Bertz CT molecular complexity index is 2720. The Hall–Kier alpha value is -5.66. The van der Waals surface area contributed by atoms with E-state index < -0.39 is 0 Å². The van der Waals surface area contributed by atoms with E-state index in [1.807, 2.05) is 0 Å². The van der Waals surface area contributed by atoms with E-state index in [1.165, 1.54) is 142 Å².